The standard InChI is InChI=1S/C19H27FN2O2/c1-18(2,3)24-17(23)21-14-9-12-22(13-14)19(10-6-11-19)15-7-4-5-8-16(15)20/h4-5,7-8,14H,6,9-13H2,1-3H3,(H,21,23)/t14-/m0/s1. The number of nitrogens with one attached hydrogen (secondary N) is 1. The van der Waals surface area contributed by atoms with Crippen LogP contribution in [0.4, 0.5) is 9.18 Å². The molecule has 5 heteroatoms. The number of hydrogen-bond acceptors (Lipinski definition) is 3. The first kappa shape index (κ1) is 17.2. The molecule has 132 valence electrons. The minimum atomic E-state index is -0.495. The Morgan fingerprint density at radius 3 is 2.62 bits per heavy atom. The fraction of sp³-hybridized carbons (Fsp3) is 0.632. The Morgan fingerprint density at radius 1 is 1.33 bits per heavy atom. The van der Waals surface area contributed by atoms with Crippen LogP contribution in [0.5, 0.6) is 0 Å². The number of ether oxygens (including phenoxy) is 1. The Bertz CT molecular complexity index is 608. The fourth-order valence-corrected chi connectivity index (χ4v) is 3.85. The lowest BCUT2D eigenvalue weighted by atomic mass is 9.70. The number of benzene rings is 1. The monoisotopic (exact) mass is 334 g/mol. The summed E-state index contributed by atoms with van der Waals surface area (Å²) < 4.78 is 19.7. The van der Waals surface area contributed by atoms with E-state index in [0.717, 1.165) is 44.3 Å². The van der Waals surface area contributed by atoms with Crippen molar-refractivity contribution in [1.82, 2.24) is 10.2 Å². The molecule has 1 atom stereocenters. The Balaban J connectivity index is 1.66. The van der Waals surface area contributed by atoms with E-state index in [1.54, 1.807) is 12.1 Å². The zero-order valence-corrected chi connectivity index (χ0v) is 14.8. The molecule has 4 nitrogen and oxygen atoms in total. The molecule has 24 heavy (non-hydrogen) atoms. The zero-order valence-electron chi connectivity index (χ0n) is 14.8. The highest BCUT2D eigenvalue weighted by Gasteiger charge is 2.47. The number of hydrogen-bond donors (Lipinski definition) is 1. The lowest BCUT2D eigenvalue weighted by molar-refractivity contribution is 0.0252. The Morgan fingerprint density at radius 2 is 2.04 bits per heavy atom. The van der Waals surface area contributed by atoms with E-state index < -0.39 is 5.60 Å². The van der Waals surface area contributed by atoms with Gasteiger partial charge in [0.1, 0.15) is 11.4 Å². The predicted octanol–water partition coefficient (Wildman–Crippen LogP) is 3.80. The minimum Gasteiger partial charge on any atom is -0.444 e. The number of likely N-dealkylation sites (tertiary alicyclic amines) is 1. The van der Waals surface area contributed by atoms with Crippen LogP contribution in [-0.2, 0) is 10.3 Å². The molecular formula is C19H27FN2O2. The summed E-state index contributed by atoms with van der Waals surface area (Å²) in [4.78, 5) is 14.3. The van der Waals surface area contributed by atoms with Crippen LogP contribution in [-0.4, -0.2) is 35.7 Å². The van der Waals surface area contributed by atoms with E-state index in [4.69, 9.17) is 4.74 Å². The number of alkyl carbamates (subject to hydrolysis) is 1. The second-order valence-corrected chi connectivity index (χ2v) is 7.94. The second kappa shape index (κ2) is 6.36. The van der Waals surface area contributed by atoms with Gasteiger partial charge in [-0.05, 0) is 52.5 Å². The second-order valence-electron chi connectivity index (χ2n) is 7.94. The van der Waals surface area contributed by atoms with Crippen LogP contribution in [0, 0.1) is 5.82 Å². The summed E-state index contributed by atoms with van der Waals surface area (Å²) in [6, 6.07) is 7.15. The minimum absolute atomic E-state index is 0.0594. The molecule has 1 aliphatic heterocycles. The SMILES string of the molecule is CC(C)(C)OC(=O)N[C@H]1CCN(C2(c3ccccc3F)CCC2)C1. The maximum Gasteiger partial charge on any atom is 0.407 e. The van der Waals surface area contributed by atoms with Gasteiger partial charge in [0.15, 0.2) is 0 Å². The summed E-state index contributed by atoms with van der Waals surface area (Å²) >= 11 is 0. The van der Waals surface area contributed by atoms with Gasteiger partial charge in [-0.3, -0.25) is 4.90 Å². The lowest BCUT2D eigenvalue weighted by Gasteiger charge is -2.49. The number of rotatable bonds is 3. The average molecular weight is 334 g/mol. The molecule has 1 saturated heterocycles. The summed E-state index contributed by atoms with van der Waals surface area (Å²) in [5.41, 5.74) is 0.106. The van der Waals surface area contributed by atoms with E-state index >= 15 is 0 Å². The fourth-order valence-electron chi connectivity index (χ4n) is 3.85. The molecule has 0 bridgehead atoms. The van der Waals surface area contributed by atoms with Crippen molar-refractivity contribution in [3.63, 3.8) is 0 Å². The van der Waals surface area contributed by atoms with E-state index in [2.05, 4.69) is 10.2 Å². The van der Waals surface area contributed by atoms with E-state index in [1.165, 1.54) is 0 Å². The van der Waals surface area contributed by atoms with E-state index in [0.29, 0.717) is 0 Å². The number of halogens is 1. The van der Waals surface area contributed by atoms with Crippen LogP contribution >= 0.6 is 0 Å². The molecule has 0 unspecified atom stereocenters. The molecule has 2 aliphatic rings. The smallest absolute Gasteiger partial charge is 0.407 e. The third-order valence-corrected chi connectivity index (χ3v) is 5.07. The topological polar surface area (TPSA) is 41.6 Å². The number of amides is 1. The number of nitrogens with zero attached hydrogens (tertiary/aromatic N) is 1. The highest BCUT2D eigenvalue weighted by atomic mass is 19.1. The van der Waals surface area contributed by atoms with Gasteiger partial charge in [-0.1, -0.05) is 18.2 Å². The molecule has 1 aromatic carbocycles. The van der Waals surface area contributed by atoms with Crippen molar-refractivity contribution >= 4 is 6.09 Å². The molecule has 1 heterocycles. The highest BCUT2D eigenvalue weighted by molar-refractivity contribution is 5.68. The summed E-state index contributed by atoms with van der Waals surface area (Å²) in [5.74, 6) is -0.124. The van der Waals surface area contributed by atoms with Crippen molar-refractivity contribution in [3.8, 4) is 0 Å². The molecule has 1 saturated carbocycles. The number of carbonyl (C=O) groups excluding carboxylic acids is 1. The van der Waals surface area contributed by atoms with E-state index in [1.807, 2.05) is 32.9 Å². The summed E-state index contributed by atoms with van der Waals surface area (Å²) in [7, 11) is 0. The summed E-state index contributed by atoms with van der Waals surface area (Å²) in [6.07, 6.45) is 3.58. The zero-order chi connectivity index (χ0) is 17.4. The predicted molar refractivity (Wildman–Crippen MR) is 91.3 cm³/mol. The Labute approximate surface area is 143 Å². The molecule has 1 N–H and O–H groups in total. The van der Waals surface area contributed by atoms with Gasteiger partial charge in [0.2, 0.25) is 0 Å². The molecule has 1 aromatic rings. The maximum absolute atomic E-state index is 14.3. The van der Waals surface area contributed by atoms with Gasteiger partial charge in [0, 0.05) is 30.2 Å². The Hall–Kier alpha value is -1.62. The van der Waals surface area contributed by atoms with Crippen molar-refractivity contribution in [3.05, 3.63) is 35.6 Å². The third kappa shape index (κ3) is 3.41. The van der Waals surface area contributed by atoms with Crippen molar-refractivity contribution in [2.45, 2.75) is 63.6 Å². The summed E-state index contributed by atoms with van der Waals surface area (Å²) in [5, 5.41) is 2.96. The summed E-state index contributed by atoms with van der Waals surface area (Å²) in [6.45, 7) is 7.18. The molecule has 0 aromatic heterocycles. The van der Waals surface area contributed by atoms with Crippen molar-refractivity contribution in [2.24, 2.45) is 0 Å². The van der Waals surface area contributed by atoms with E-state index in [-0.39, 0.29) is 23.5 Å². The van der Waals surface area contributed by atoms with Crippen LogP contribution in [0.2, 0.25) is 0 Å². The van der Waals surface area contributed by atoms with Gasteiger partial charge in [0.05, 0.1) is 0 Å². The van der Waals surface area contributed by atoms with Gasteiger partial charge in [-0.15, -0.1) is 0 Å². The largest absolute Gasteiger partial charge is 0.444 e. The highest BCUT2D eigenvalue weighted by Crippen LogP contribution is 2.48. The maximum atomic E-state index is 14.3. The molecular weight excluding hydrogens is 307 g/mol. The normalized spacial score (nSPS) is 23.6. The van der Waals surface area contributed by atoms with Crippen molar-refractivity contribution in [1.29, 1.82) is 0 Å². The van der Waals surface area contributed by atoms with Gasteiger partial charge >= 0.3 is 6.09 Å². The quantitative estimate of drug-likeness (QED) is 0.914. The Kier molecular flexibility index (Phi) is 4.56. The van der Waals surface area contributed by atoms with Gasteiger partial charge in [-0.25, -0.2) is 9.18 Å². The number of carbonyl (C=O) groups is 1. The molecule has 2 fully saturated rings. The first-order chi connectivity index (χ1) is 11.3. The van der Waals surface area contributed by atoms with Crippen molar-refractivity contribution in [2.75, 3.05) is 13.1 Å². The van der Waals surface area contributed by atoms with E-state index in [9.17, 15) is 9.18 Å². The van der Waals surface area contributed by atoms with Crippen LogP contribution in [0.25, 0.3) is 0 Å². The van der Waals surface area contributed by atoms with Crippen LogP contribution in [0.15, 0.2) is 24.3 Å². The van der Waals surface area contributed by atoms with Gasteiger partial charge in [0.25, 0.3) is 0 Å². The van der Waals surface area contributed by atoms with Crippen LogP contribution in [0.1, 0.15) is 52.0 Å². The molecule has 0 radical (unpaired) electrons. The third-order valence-electron chi connectivity index (χ3n) is 5.07. The van der Waals surface area contributed by atoms with Crippen molar-refractivity contribution < 1.29 is 13.9 Å². The molecule has 1 amide bonds. The average Bonchev–Trinajstić information content (AvgIpc) is 2.86. The first-order valence-corrected chi connectivity index (χ1v) is 8.80. The molecule has 3 rings (SSSR count). The van der Waals surface area contributed by atoms with Gasteiger partial charge in [-0.2, -0.15) is 0 Å². The first-order valence-electron chi connectivity index (χ1n) is 8.80. The molecule has 1 aliphatic carbocycles. The van der Waals surface area contributed by atoms with Crippen LogP contribution in [0.3, 0.4) is 0 Å². The molecule has 0 spiro atoms. The lowest BCUT2D eigenvalue weighted by Crippen LogP contribution is -2.51. The van der Waals surface area contributed by atoms with Gasteiger partial charge < -0.3 is 10.1 Å². The van der Waals surface area contributed by atoms with Crippen LogP contribution < -0.4 is 5.32 Å².